The summed E-state index contributed by atoms with van der Waals surface area (Å²) < 4.78 is 1.60. The van der Waals surface area contributed by atoms with E-state index < -0.39 is 0 Å². The van der Waals surface area contributed by atoms with Gasteiger partial charge >= 0.3 is 0 Å². The summed E-state index contributed by atoms with van der Waals surface area (Å²) in [6.45, 7) is 2.20. The van der Waals surface area contributed by atoms with Crippen LogP contribution in [0.4, 0.5) is 0 Å². The highest BCUT2D eigenvalue weighted by Gasteiger charge is 2.36. The maximum atomic E-state index is 13.4. The average molecular weight is 527 g/mol. The summed E-state index contributed by atoms with van der Waals surface area (Å²) in [7, 11) is 0. The topological polar surface area (TPSA) is 75.5 Å². The minimum Gasteiger partial charge on any atom is -0.297 e. The predicted molar refractivity (Wildman–Crippen MR) is 147 cm³/mol. The van der Waals surface area contributed by atoms with Crippen LogP contribution in [0.25, 0.3) is 10.8 Å². The summed E-state index contributed by atoms with van der Waals surface area (Å²) in [6, 6.07) is 22.3. The van der Waals surface area contributed by atoms with Gasteiger partial charge in [-0.25, -0.2) is 4.68 Å². The molecule has 0 saturated carbocycles. The van der Waals surface area contributed by atoms with Gasteiger partial charge in [0.1, 0.15) is 0 Å². The normalized spacial score (nSPS) is 17.5. The molecular weight excluding hydrogens is 500 g/mol. The zero-order valence-electron chi connectivity index (χ0n) is 20.8. The van der Waals surface area contributed by atoms with Gasteiger partial charge in [-0.1, -0.05) is 54.1 Å². The quantitative estimate of drug-likeness (QED) is 0.334. The lowest BCUT2D eigenvalue weighted by Gasteiger charge is -2.26. The van der Waals surface area contributed by atoms with E-state index in [9.17, 15) is 14.4 Å². The molecule has 7 nitrogen and oxygen atoms in total. The third-order valence-corrected chi connectivity index (χ3v) is 7.85. The Labute approximate surface area is 225 Å². The van der Waals surface area contributed by atoms with Crippen molar-refractivity contribution >= 4 is 34.2 Å². The first kappa shape index (κ1) is 24.5. The van der Waals surface area contributed by atoms with Gasteiger partial charge in [0.2, 0.25) is 0 Å². The fourth-order valence-electron chi connectivity index (χ4n) is 5.62. The number of carbonyl (C=O) groups excluding carboxylic acids is 2. The molecule has 1 saturated heterocycles. The first-order valence-electron chi connectivity index (χ1n) is 12.9. The van der Waals surface area contributed by atoms with Crippen LogP contribution in [-0.4, -0.2) is 57.1 Å². The standard InChI is InChI=1S/C30H27ClN4O3/c31-21-13-11-20(12-14-21)18-27-23-7-1-2-8-24(23)30(38)35(32-27)19-22-6-5-15-33(22)16-17-34-28(36)25-9-3-4-10-26(25)29(34)37/h1-4,7-14,22H,5-6,15-19H2/t22-/m1/s1. The van der Waals surface area contributed by atoms with Gasteiger partial charge < -0.3 is 0 Å². The minimum absolute atomic E-state index is 0.0972. The van der Waals surface area contributed by atoms with Gasteiger partial charge in [-0.15, -0.1) is 0 Å². The number of nitrogens with zero attached hydrogens (tertiary/aromatic N) is 4. The number of benzene rings is 3. The summed E-state index contributed by atoms with van der Waals surface area (Å²) in [5, 5.41) is 7.02. The van der Waals surface area contributed by atoms with Gasteiger partial charge in [-0.05, 0) is 55.3 Å². The van der Waals surface area contributed by atoms with E-state index in [0.717, 1.165) is 36.0 Å². The third kappa shape index (κ3) is 4.52. The molecule has 6 rings (SSSR count). The number of fused-ring (bicyclic) bond motifs is 2. The zero-order chi connectivity index (χ0) is 26.2. The second-order valence-corrected chi connectivity index (χ2v) is 10.4. The van der Waals surface area contributed by atoms with Crippen LogP contribution < -0.4 is 5.56 Å². The minimum atomic E-state index is -0.236. The van der Waals surface area contributed by atoms with Gasteiger partial charge in [0.25, 0.3) is 17.4 Å². The third-order valence-electron chi connectivity index (χ3n) is 7.60. The molecule has 0 bridgehead atoms. The van der Waals surface area contributed by atoms with Gasteiger partial charge in [0.05, 0.1) is 28.8 Å². The van der Waals surface area contributed by atoms with E-state index in [1.165, 1.54) is 4.90 Å². The summed E-state index contributed by atoms with van der Waals surface area (Å²) in [5.74, 6) is -0.471. The molecule has 38 heavy (non-hydrogen) atoms. The van der Waals surface area contributed by atoms with Gasteiger partial charge in [-0.2, -0.15) is 5.10 Å². The number of halogens is 1. The van der Waals surface area contributed by atoms with Crippen LogP contribution in [0.3, 0.4) is 0 Å². The van der Waals surface area contributed by atoms with Crippen LogP contribution in [0, 0.1) is 0 Å². The predicted octanol–water partition coefficient (Wildman–Crippen LogP) is 4.40. The number of rotatable bonds is 7. The van der Waals surface area contributed by atoms with Crippen LogP contribution in [0.2, 0.25) is 5.02 Å². The van der Waals surface area contributed by atoms with E-state index in [2.05, 4.69) is 4.90 Å². The van der Waals surface area contributed by atoms with Crippen LogP contribution in [0.1, 0.15) is 44.8 Å². The first-order valence-corrected chi connectivity index (χ1v) is 13.3. The van der Waals surface area contributed by atoms with Gasteiger partial charge in [0, 0.05) is 36.0 Å². The molecule has 0 aliphatic carbocycles. The Hall–Kier alpha value is -3.81. The molecule has 0 spiro atoms. The highest BCUT2D eigenvalue weighted by Crippen LogP contribution is 2.24. The van der Waals surface area contributed by atoms with E-state index in [-0.39, 0.29) is 23.4 Å². The Kier molecular flexibility index (Phi) is 6.55. The summed E-state index contributed by atoms with van der Waals surface area (Å²) >= 11 is 6.07. The molecule has 2 aliphatic heterocycles. The van der Waals surface area contributed by atoms with Crippen molar-refractivity contribution in [2.24, 2.45) is 0 Å². The SMILES string of the molecule is O=C1c2ccccc2C(=O)N1CCN1CCC[C@@H]1Cn1nc(Cc2ccc(Cl)cc2)c2ccccc2c1=O. The molecule has 0 unspecified atom stereocenters. The van der Waals surface area contributed by atoms with Crippen molar-refractivity contribution in [1.29, 1.82) is 0 Å². The molecule has 1 fully saturated rings. The van der Waals surface area contributed by atoms with E-state index in [1.54, 1.807) is 28.9 Å². The highest BCUT2D eigenvalue weighted by molar-refractivity contribution is 6.30. The van der Waals surface area contributed by atoms with Crippen LogP contribution in [-0.2, 0) is 13.0 Å². The second kappa shape index (κ2) is 10.2. The van der Waals surface area contributed by atoms with E-state index in [0.29, 0.717) is 47.6 Å². The van der Waals surface area contributed by atoms with E-state index in [4.69, 9.17) is 16.7 Å². The number of amides is 2. The van der Waals surface area contributed by atoms with Crippen molar-refractivity contribution in [2.75, 3.05) is 19.6 Å². The molecule has 192 valence electrons. The fourth-order valence-corrected chi connectivity index (χ4v) is 5.75. The highest BCUT2D eigenvalue weighted by atomic mass is 35.5. The Morgan fingerprint density at radius 2 is 1.47 bits per heavy atom. The molecule has 2 amide bonds. The number of hydrogen-bond donors (Lipinski definition) is 0. The summed E-state index contributed by atoms with van der Waals surface area (Å²) in [6.07, 6.45) is 2.51. The monoisotopic (exact) mass is 526 g/mol. The first-order chi connectivity index (χ1) is 18.5. The molecular formula is C30H27ClN4O3. The molecule has 4 aromatic rings. The largest absolute Gasteiger partial charge is 0.297 e. The number of aromatic nitrogens is 2. The zero-order valence-corrected chi connectivity index (χ0v) is 21.6. The smallest absolute Gasteiger partial charge is 0.274 e. The van der Waals surface area contributed by atoms with Crippen LogP contribution in [0.15, 0.2) is 77.6 Å². The second-order valence-electron chi connectivity index (χ2n) is 9.92. The van der Waals surface area contributed by atoms with Crippen molar-refractivity contribution in [1.82, 2.24) is 19.6 Å². The lowest BCUT2D eigenvalue weighted by atomic mass is 10.0. The summed E-state index contributed by atoms with van der Waals surface area (Å²) in [4.78, 5) is 42.6. The molecule has 3 aromatic carbocycles. The molecule has 3 heterocycles. The van der Waals surface area contributed by atoms with Crippen molar-refractivity contribution in [3.05, 3.63) is 111 Å². The number of imide groups is 1. The molecule has 1 atom stereocenters. The molecule has 1 aromatic heterocycles. The average Bonchev–Trinajstić information content (AvgIpc) is 3.48. The van der Waals surface area contributed by atoms with Crippen LogP contribution >= 0.6 is 11.6 Å². The lowest BCUT2D eigenvalue weighted by molar-refractivity contribution is 0.0630. The van der Waals surface area contributed by atoms with Crippen molar-refractivity contribution in [2.45, 2.75) is 31.8 Å². The molecule has 0 radical (unpaired) electrons. The molecule has 0 N–H and O–H groups in total. The Bertz CT molecular complexity index is 1560. The van der Waals surface area contributed by atoms with Crippen LogP contribution in [0.5, 0.6) is 0 Å². The van der Waals surface area contributed by atoms with Gasteiger partial charge in [0.15, 0.2) is 0 Å². The molecule has 8 heteroatoms. The van der Waals surface area contributed by atoms with Crippen molar-refractivity contribution < 1.29 is 9.59 Å². The maximum Gasteiger partial charge on any atom is 0.274 e. The van der Waals surface area contributed by atoms with E-state index in [1.807, 2.05) is 48.5 Å². The Balaban J connectivity index is 1.22. The fraction of sp³-hybridized carbons (Fsp3) is 0.267. The number of hydrogen-bond acceptors (Lipinski definition) is 5. The molecule has 2 aliphatic rings. The van der Waals surface area contributed by atoms with Crippen molar-refractivity contribution in [3.63, 3.8) is 0 Å². The Morgan fingerprint density at radius 1 is 0.816 bits per heavy atom. The number of carbonyl (C=O) groups is 2. The number of likely N-dealkylation sites (tertiary alicyclic amines) is 1. The Morgan fingerprint density at radius 3 is 2.18 bits per heavy atom. The van der Waals surface area contributed by atoms with E-state index >= 15 is 0 Å². The lowest BCUT2D eigenvalue weighted by Crippen LogP contribution is -2.42. The maximum absolute atomic E-state index is 13.4. The van der Waals surface area contributed by atoms with Crippen molar-refractivity contribution in [3.8, 4) is 0 Å². The summed E-state index contributed by atoms with van der Waals surface area (Å²) in [5.41, 5.74) is 2.75. The van der Waals surface area contributed by atoms with Gasteiger partial charge in [-0.3, -0.25) is 24.2 Å².